The van der Waals surface area contributed by atoms with Crippen molar-refractivity contribution >= 4 is 105 Å². The molecule has 1 N–H and O–H groups in total. The van der Waals surface area contributed by atoms with Gasteiger partial charge in [0.25, 0.3) is 0 Å². The Bertz CT molecular complexity index is 524. The third-order valence-corrected chi connectivity index (χ3v) is 2.90. The van der Waals surface area contributed by atoms with Crippen molar-refractivity contribution in [3.05, 3.63) is 40.4 Å². The molecule has 100 valence electrons. The number of hydrogen-bond acceptors (Lipinski definition) is 2. The summed E-state index contributed by atoms with van der Waals surface area (Å²) >= 11 is 15.4. The van der Waals surface area contributed by atoms with E-state index in [1.165, 1.54) is 0 Å². The Balaban J connectivity index is 0.000000512. The van der Waals surface area contributed by atoms with Crippen molar-refractivity contribution in [2.75, 3.05) is 0 Å². The zero-order valence-electron chi connectivity index (χ0n) is 9.04. The van der Waals surface area contributed by atoms with Crippen LogP contribution in [0.3, 0.4) is 0 Å². The van der Waals surface area contributed by atoms with Gasteiger partial charge < -0.3 is 12.5 Å². The molecular formula is C10H8ClI4NOV-. The first-order valence-electron chi connectivity index (χ1n) is 4.12. The van der Waals surface area contributed by atoms with E-state index in [0.29, 0.717) is 14.1 Å². The van der Waals surface area contributed by atoms with Gasteiger partial charge in [0, 0.05) is 11.6 Å². The van der Waals surface area contributed by atoms with E-state index in [-0.39, 0.29) is 18.1 Å². The van der Waals surface area contributed by atoms with Gasteiger partial charge in [0.2, 0.25) is 0 Å². The van der Waals surface area contributed by atoms with Gasteiger partial charge in [-0.25, -0.2) is 0 Å². The second kappa shape index (κ2) is 10.0. The average molecular weight is 752 g/mol. The minimum absolute atomic E-state index is 0. The van der Waals surface area contributed by atoms with Crippen LogP contribution in [0.5, 0.6) is 5.75 Å². The van der Waals surface area contributed by atoms with Gasteiger partial charge in [-0.15, -0.1) is 0 Å². The zero-order chi connectivity index (χ0) is 13.0. The van der Waals surface area contributed by atoms with Crippen LogP contribution in [0.1, 0.15) is 0 Å². The number of hydrogen-bond donors (Lipinski definition) is 1. The van der Waals surface area contributed by atoms with E-state index < -0.39 is 0 Å². The molecule has 0 aliphatic rings. The van der Waals surface area contributed by atoms with Crippen LogP contribution in [0.4, 0.5) is 0 Å². The molecule has 18 heavy (non-hydrogen) atoms. The number of aromatic hydroxyl groups is 1. The van der Waals surface area contributed by atoms with Crippen molar-refractivity contribution in [1.29, 1.82) is 0 Å². The average Bonchev–Trinajstić information content (AvgIpc) is 2.25. The van der Waals surface area contributed by atoms with Gasteiger partial charge in [-0.05, 0) is 40.8 Å². The molecular weight excluding hydrogens is 744 g/mol. The van der Waals surface area contributed by atoms with E-state index in [4.69, 9.17) is 11.6 Å². The molecule has 0 saturated heterocycles. The number of aromatic nitrogens is 1. The van der Waals surface area contributed by atoms with Crippen LogP contribution in [-0.4, -0.2) is 10.1 Å². The Kier molecular flexibility index (Phi) is 11.3. The molecule has 0 fully saturated rings. The Labute approximate surface area is 163 Å². The van der Waals surface area contributed by atoms with Crippen LogP contribution >= 0.6 is 94.1 Å². The van der Waals surface area contributed by atoms with Crippen molar-refractivity contribution in [2.45, 2.75) is 0 Å². The van der Waals surface area contributed by atoms with Crippen LogP contribution < -0.4 is 0 Å². The first kappa shape index (κ1) is 20.2. The Morgan fingerprint density at radius 2 is 1.83 bits per heavy atom. The molecule has 0 saturated carbocycles. The van der Waals surface area contributed by atoms with E-state index in [1.807, 2.05) is 28.7 Å². The van der Waals surface area contributed by atoms with Crippen molar-refractivity contribution in [3.8, 4) is 5.75 Å². The van der Waals surface area contributed by atoms with Crippen LogP contribution in [0.2, 0.25) is 5.02 Å². The molecule has 1 aromatic heterocycles. The minimum atomic E-state index is -0.278. The second-order valence-corrected chi connectivity index (χ2v) is 39.7. The maximum absolute atomic E-state index is 9.65. The van der Waals surface area contributed by atoms with Gasteiger partial charge in [-0.2, -0.15) is 0 Å². The molecule has 0 atom stereocenters. The van der Waals surface area contributed by atoms with Gasteiger partial charge in [-0.3, -0.25) is 4.98 Å². The monoisotopic (exact) mass is 752 g/mol. The summed E-state index contributed by atoms with van der Waals surface area (Å²) < 4.78 is 0.716. The van der Waals surface area contributed by atoms with Crippen molar-refractivity contribution in [1.82, 2.24) is 4.98 Å². The van der Waals surface area contributed by atoms with Crippen molar-refractivity contribution < 1.29 is 10.0 Å². The molecule has 8 heteroatoms. The Hall–Kier alpha value is 2.22. The first-order chi connectivity index (χ1) is 7.93. The molecule has 0 unspecified atom stereocenters. The van der Waals surface area contributed by atoms with Crippen LogP contribution in [0.25, 0.3) is 10.9 Å². The molecule has 2 rings (SSSR count). The molecule has 1 aromatic carbocycles. The number of fused-ring (bicyclic) bond motifs is 1. The third kappa shape index (κ3) is 6.33. The number of phenolic OH excluding ortho intramolecular Hbond substituents is 1. The molecule has 0 spiro atoms. The summed E-state index contributed by atoms with van der Waals surface area (Å²) in [5.74, 6) is 0.195. The molecule has 0 aliphatic carbocycles. The van der Waals surface area contributed by atoms with E-state index >= 15 is 0 Å². The summed E-state index contributed by atoms with van der Waals surface area (Å²) in [6.45, 7) is 0. The molecule has 2 aromatic rings. The Morgan fingerprint density at radius 1 is 1.28 bits per heavy atom. The molecule has 1 heterocycles. The summed E-state index contributed by atoms with van der Waals surface area (Å²) in [7, 11) is 0. The number of phenols is 1. The number of rotatable bonds is 0. The van der Waals surface area contributed by atoms with Crippen LogP contribution in [0.15, 0.2) is 24.4 Å². The molecule has 0 radical (unpaired) electrons. The van der Waals surface area contributed by atoms with E-state index in [9.17, 15) is 5.11 Å². The third-order valence-electron chi connectivity index (χ3n) is 1.77. The zero-order valence-corrected chi connectivity index (χ0v) is 19.8. The predicted octanol–water partition coefficient (Wildman–Crippen LogP) is 6.30. The number of halogens is 5. The van der Waals surface area contributed by atoms with Gasteiger partial charge in [0.1, 0.15) is 5.52 Å². The fourth-order valence-corrected chi connectivity index (χ4v) is 2.17. The van der Waals surface area contributed by atoms with Crippen LogP contribution in [0, 0.1) is 11.0 Å². The van der Waals surface area contributed by atoms with E-state index in [0.717, 1.165) is 5.39 Å². The fourth-order valence-electron chi connectivity index (χ4n) is 1.16. The molecule has 0 amide bonds. The topological polar surface area (TPSA) is 33.1 Å². The molecule has 0 bridgehead atoms. The standard InChI is InChI=1S/C9H5ClINO.CH3.3HI.V/c10-6-4-7(11)9(13)8-5(6)2-1-3-12-8;;;;;/h1-4,13H;1H3;3*1H;/q;-1;;;;+3/p-3. The number of pyridine rings is 1. The summed E-state index contributed by atoms with van der Waals surface area (Å²) in [5, 5.41) is 11.0. The van der Waals surface area contributed by atoms with Gasteiger partial charge in [0.05, 0.1) is 8.59 Å². The van der Waals surface area contributed by atoms with Gasteiger partial charge in [-0.1, -0.05) is 11.6 Å². The first-order valence-corrected chi connectivity index (χ1v) is 19.1. The molecule has 2 nitrogen and oxygen atoms in total. The maximum atomic E-state index is 9.65. The summed E-state index contributed by atoms with van der Waals surface area (Å²) in [5.41, 5.74) is 0.555. The van der Waals surface area contributed by atoms with Crippen molar-refractivity contribution in [3.63, 3.8) is 0 Å². The van der Waals surface area contributed by atoms with Gasteiger partial charge >= 0.3 is 64.9 Å². The van der Waals surface area contributed by atoms with E-state index in [2.05, 4.69) is 64.9 Å². The summed E-state index contributed by atoms with van der Waals surface area (Å²) in [6.07, 6.45) is 1.63. The van der Waals surface area contributed by atoms with Crippen molar-refractivity contribution in [2.24, 2.45) is 0 Å². The second-order valence-electron chi connectivity index (χ2n) is 2.78. The Morgan fingerprint density at radius 3 is 2.39 bits per heavy atom. The fraction of sp³-hybridized carbons (Fsp3) is 0. The van der Waals surface area contributed by atoms with E-state index in [1.54, 1.807) is 18.3 Å². The predicted molar refractivity (Wildman–Crippen MR) is 110 cm³/mol. The summed E-state index contributed by atoms with van der Waals surface area (Å²) in [4.78, 5) is 3.79. The quantitative estimate of drug-likeness (QED) is 0.253. The SMILES string of the molecule is Oc1c(I)cc(Cl)c2cccnc12.[CH3-].[I][V]([I])[I]. The summed E-state index contributed by atoms with van der Waals surface area (Å²) in [6, 6.07) is 5.35. The molecule has 0 aliphatic heterocycles. The normalized spacial score (nSPS) is 9.67. The number of benzene rings is 1. The van der Waals surface area contributed by atoms with Gasteiger partial charge in [0.15, 0.2) is 5.75 Å². The van der Waals surface area contributed by atoms with Crippen LogP contribution in [-0.2, 0) is 4.92 Å². The number of nitrogens with zero attached hydrogens (tertiary/aromatic N) is 1.